The lowest BCUT2D eigenvalue weighted by molar-refractivity contribution is 0.219. The standard InChI is InChI=1S/C7H14O/c1-3-5-6-7(8)4-2/h5-8H,3-4H2,1-2H3/b6-5+. The van der Waals surface area contributed by atoms with Crippen LogP contribution in [0, 0.1) is 0 Å². The van der Waals surface area contributed by atoms with E-state index >= 15 is 0 Å². The summed E-state index contributed by atoms with van der Waals surface area (Å²) in [7, 11) is 0. The summed E-state index contributed by atoms with van der Waals surface area (Å²) in [5, 5.41) is 8.90. The fourth-order valence-electron chi connectivity index (χ4n) is 0.429. The molecule has 0 fully saturated rings. The van der Waals surface area contributed by atoms with E-state index in [-0.39, 0.29) is 6.10 Å². The van der Waals surface area contributed by atoms with E-state index in [0.717, 1.165) is 12.8 Å². The molecule has 0 saturated heterocycles. The highest BCUT2D eigenvalue weighted by Gasteiger charge is 1.88. The molecule has 1 heteroatoms. The first-order chi connectivity index (χ1) is 3.81. The van der Waals surface area contributed by atoms with Crippen molar-refractivity contribution in [1.29, 1.82) is 0 Å². The molecule has 1 N–H and O–H groups in total. The SMILES string of the molecule is CC/C=C/C(O)CC. The average molecular weight is 114 g/mol. The summed E-state index contributed by atoms with van der Waals surface area (Å²) >= 11 is 0. The minimum Gasteiger partial charge on any atom is -0.389 e. The Morgan fingerprint density at radius 2 is 2.12 bits per heavy atom. The van der Waals surface area contributed by atoms with Gasteiger partial charge in [-0.2, -0.15) is 0 Å². The Balaban J connectivity index is 3.21. The summed E-state index contributed by atoms with van der Waals surface area (Å²) in [5.74, 6) is 0. The van der Waals surface area contributed by atoms with E-state index in [2.05, 4.69) is 6.92 Å². The van der Waals surface area contributed by atoms with Crippen LogP contribution in [0.25, 0.3) is 0 Å². The van der Waals surface area contributed by atoms with Crippen LogP contribution in [-0.2, 0) is 0 Å². The normalized spacial score (nSPS) is 14.9. The maximum Gasteiger partial charge on any atom is 0.0718 e. The lowest BCUT2D eigenvalue weighted by atomic mass is 10.2. The number of allylic oxidation sites excluding steroid dienone is 1. The molecule has 0 aromatic heterocycles. The van der Waals surface area contributed by atoms with Crippen molar-refractivity contribution in [2.45, 2.75) is 32.8 Å². The van der Waals surface area contributed by atoms with Crippen molar-refractivity contribution in [3.63, 3.8) is 0 Å². The Morgan fingerprint density at radius 3 is 2.50 bits per heavy atom. The molecule has 1 atom stereocenters. The fourth-order valence-corrected chi connectivity index (χ4v) is 0.429. The predicted molar refractivity (Wildman–Crippen MR) is 35.7 cm³/mol. The van der Waals surface area contributed by atoms with Gasteiger partial charge in [0, 0.05) is 0 Å². The first-order valence-corrected chi connectivity index (χ1v) is 3.16. The average Bonchev–Trinajstić information content (AvgIpc) is 1.83. The van der Waals surface area contributed by atoms with Gasteiger partial charge in [-0.05, 0) is 12.8 Å². The molecule has 0 aliphatic heterocycles. The number of rotatable bonds is 3. The van der Waals surface area contributed by atoms with E-state index in [9.17, 15) is 0 Å². The second kappa shape index (κ2) is 4.85. The molecule has 0 aromatic carbocycles. The predicted octanol–water partition coefficient (Wildman–Crippen LogP) is 1.72. The van der Waals surface area contributed by atoms with Gasteiger partial charge in [0.25, 0.3) is 0 Å². The summed E-state index contributed by atoms with van der Waals surface area (Å²) in [6.07, 6.45) is 5.41. The van der Waals surface area contributed by atoms with Crippen LogP contribution in [0.2, 0.25) is 0 Å². The van der Waals surface area contributed by atoms with Crippen molar-refractivity contribution in [1.82, 2.24) is 0 Å². The molecule has 0 aliphatic carbocycles. The maximum atomic E-state index is 8.90. The Bertz CT molecular complexity index is 66.8. The Morgan fingerprint density at radius 1 is 1.50 bits per heavy atom. The van der Waals surface area contributed by atoms with Crippen molar-refractivity contribution in [3.8, 4) is 0 Å². The lowest BCUT2D eigenvalue weighted by Crippen LogP contribution is -1.97. The Hall–Kier alpha value is -0.300. The maximum absolute atomic E-state index is 8.90. The number of aliphatic hydroxyl groups is 1. The Labute approximate surface area is 51.0 Å². The molecule has 48 valence electrons. The van der Waals surface area contributed by atoms with Gasteiger partial charge in [0.05, 0.1) is 6.10 Å². The van der Waals surface area contributed by atoms with Gasteiger partial charge in [-0.3, -0.25) is 0 Å². The molecular weight excluding hydrogens is 100 g/mol. The van der Waals surface area contributed by atoms with E-state index in [1.54, 1.807) is 0 Å². The second-order valence-corrected chi connectivity index (χ2v) is 1.81. The van der Waals surface area contributed by atoms with Crippen molar-refractivity contribution in [2.75, 3.05) is 0 Å². The molecule has 0 amide bonds. The number of hydrogen-bond acceptors (Lipinski definition) is 1. The summed E-state index contributed by atoms with van der Waals surface area (Å²) in [4.78, 5) is 0. The molecule has 0 spiro atoms. The van der Waals surface area contributed by atoms with E-state index in [0.29, 0.717) is 0 Å². The highest BCUT2D eigenvalue weighted by Crippen LogP contribution is 1.91. The lowest BCUT2D eigenvalue weighted by Gasteiger charge is -1.96. The molecule has 8 heavy (non-hydrogen) atoms. The van der Waals surface area contributed by atoms with Crippen LogP contribution < -0.4 is 0 Å². The van der Waals surface area contributed by atoms with Crippen molar-refractivity contribution < 1.29 is 5.11 Å². The molecule has 0 saturated carbocycles. The van der Waals surface area contributed by atoms with Crippen molar-refractivity contribution in [3.05, 3.63) is 12.2 Å². The first kappa shape index (κ1) is 7.70. The zero-order chi connectivity index (χ0) is 6.41. The third-order valence-corrected chi connectivity index (χ3v) is 1.01. The molecule has 1 nitrogen and oxygen atoms in total. The molecule has 0 bridgehead atoms. The zero-order valence-corrected chi connectivity index (χ0v) is 5.59. The Kier molecular flexibility index (Phi) is 4.67. The molecule has 1 unspecified atom stereocenters. The smallest absolute Gasteiger partial charge is 0.0718 e. The van der Waals surface area contributed by atoms with Crippen LogP contribution in [0.3, 0.4) is 0 Å². The minimum atomic E-state index is -0.227. The van der Waals surface area contributed by atoms with Gasteiger partial charge < -0.3 is 5.11 Å². The van der Waals surface area contributed by atoms with E-state index in [1.807, 2.05) is 19.1 Å². The summed E-state index contributed by atoms with van der Waals surface area (Å²) in [6.45, 7) is 4.02. The molecule has 0 radical (unpaired) electrons. The van der Waals surface area contributed by atoms with Crippen molar-refractivity contribution in [2.24, 2.45) is 0 Å². The largest absolute Gasteiger partial charge is 0.389 e. The monoisotopic (exact) mass is 114 g/mol. The summed E-state index contributed by atoms with van der Waals surface area (Å²) < 4.78 is 0. The van der Waals surface area contributed by atoms with E-state index < -0.39 is 0 Å². The van der Waals surface area contributed by atoms with Crippen LogP contribution in [0.1, 0.15) is 26.7 Å². The number of aliphatic hydroxyl groups excluding tert-OH is 1. The number of hydrogen-bond donors (Lipinski definition) is 1. The minimum absolute atomic E-state index is 0.227. The molecule has 0 rings (SSSR count). The van der Waals surface area contributed by atoms with Gasteiger partial charge in [-0.25, -0.2) is 0 Å². The second-order valence-electron chi connectivity index (χ2n) is 1.81. The van der Waals surface area contributed by atoms with Crippen LogP contribution in [-0.4, -0.2) is 11.2 Å². The summed E-state index contributed by atoms with van der Waals surface area (Å²) in [6, 6.07) is 0. The topological polar surface area (TPSA) is 20.2 Å². The van der Waals surface area contributed by atoms with Crippen LogP contribution in [0.4, 0.5) is 0 Å². The van der Waals surface area contributed by atoms with Crippen molar-refractivity contribution >= 4 is 0 Å². The van der Waals surface area contributed by atoms with Gasteiger partial charge in [0.15, 0.2) is 0 Å². The first-order valence-electron chi connectivity index (χ1n) is 3.16. The highest BCUT2D eigenvalue weighted by molar-refractivity contribution is 4.86. The molecule has 0 heterocycles. The van der Waals surface area contributed by atoms with Gasteiger partial charge in [-0.15, -0.1) is 0 Å². The van der Waals surface area contributed by atoms with Gasteiger partial charge >= 0.3 is 0 Å². The van der Waals surface area contributed by atoms with Crippen LogP contribution in [0.15, 0.2) is 12.2 Å². The third-order valence-electron chi connectivity index (χ3n) is 1.01. The van der Waals surface area contributed by atoms with E-state index in [4.69, 9.17) is 5.11 Å². The zero-order valence-electron chi connectivity index (χ0n) is 5.59. The van der Waals surface area contributed by atoms with Crippen LogP contribution in [0.5, 0.6) is 0 Å². The molecule has 0 aromatic rings. The fraction of sp³-hybridized carbons (Fsp3) is 0.714. The van der Waals surface area contributed by atoms with E-state index in [1.165, 1.54) is 0 Å². The van der Waals surface area contributed by atoms with Crippen LogP contribution >= 0.6 is 0 Å². The van der Waals surface area contributed by atoms with Gasteiger partial charge in [-0.1, -0.05) is 26.0 Å². The molecule has 0 aliphatic rings. The third kappa shape index (κ3) is 3.88. The molecular formula is C7H14O. The quantitative estimate of drug-likeness (QED) is 0.554. The summed E-state index contributed by atoms with van der Waals surface area (Å²) in [5.41, 5.74) is 0. The van der Waals surface area contributed by atoms with Gasteiger partial charge in [0.2, 0.25) is 0 Å². The van der Waals surface area contributed by atoms with Gasteiger partial charge in [0.1, 0.15) is 0 Å². The highest BCUT2D eigenvalue weighted by atomic mass is 16.3.